The van der Waals surface area contributed by atoms with Crippen molar-refractivity contribution in [2.24, 2.45) is 0 Å². The molecular weight excluding hydrogens is 427 g/mol. The summed E-state index contributed by atoms with van der Waals surface area (Å²) in [6.45, 7) is 15.9. The smallest absolute Gasteiger partial charge is 0.214 e. The first-order valence-corrected chi connectivity index (χ1v) is 11.7. The molecule has 1 saturated heterocycles. The van der Waals surface area contributed by atoms with Crippen molar-refractivity contribution in [2.45, 2.75) is 20.4 Å². The van der Waals surface area contributed by atoms with Gasteiger partial charge in [0.2, 0.25) is 11.0 Å². The second kappa shape index (κ2) is 11.4. The molecule has 1 fully saturated rings. The Kier molecular flexibility index (Phi) is 8.94. The molecule has 1 aliphatic heterocycles. The zero-order valence-electron chi connectivity index (χ0n) is 18.7. The van der Waals surface area contributed by atoms with Gasteiger partial charge in [0.25, 0.3) is 0 Å². The molecule has 31 heavy (non-hydrogen) atoms. The van der Waals surface area contributed by atoms with Crippen LogP contribution in [0.3, 0.4) is 0 Å². The Balaban J connectivity index is 0.00000272. The summed E-state index contributed by atoms with van der Waals surface area (Å²) in [5.41, 5.74) is 2.44. The molecule has 2 aromatic carbocycles. The van der Waals surface area contributed by atoms with E-state index in [1.165, 1.54) is 37.2 Å². The maximum absolute atomic E-state index is 6.75. The van der Waals surface area contributed by atoms with Crippen LogP contribution in [0.5, 0.6) is 0 Å². The monoisotopic (exact) mass is 460 g/mol. The number of fused-ring (bicyclic) bond motifs is 2. The van der Waals surface area contributed by atoms with E-state index >= 15 is 0 Å². The number of hydrogen-bond acceptors (Lipinski definition) is 3. The number of hydrogen-bond donors (Lipinski definition) is 0. The van der Waals surface area contributed by atoms with E-state index in [4.69, 9.17) is 11.6 Å². The van der Waals surface area contributed by atoms with Crippen molar-refractivity contribution in [3.05, 3.63) is 53.6 Å². The van der Waals surface area contributed by atoms with Crippen molar-refractivity contribution < 1.29 is 17.0 Å². The van der Waals surface area contributed by atoms with Crippen LogP contribution in [0.2, 0.25) is 5.02 Å². The van der Waals surface area contributed by atoms with Crippen molar-refractivity contribution in [2.75, 3.05) is 58.9 Å². The summed E-state index contributed by atoms with van der Waals surface area (Å²) < 4.78 is 2.45. The molecule has 168 valence electrons. The Bertz CT molecular complexity index is 925. The minimum atomic E-state index is 0. The molecule has 0 spiro atoms. The van der Waals surface area contributed by atoms with Crippen molar-refractivity contribution >= 4 is 33.4 Å². The van der Waals surface area contributed by atoms with Gasteiger partial charge in [0.15, 0.2) is 6.54 Å². The van der Waals surface area contributed by atoms with E-state index in [-0.39, 0.29) is 12.4 Å². The van der Waals surface area contributed by atoms with Gasteiger partial charge >= 0.3 is 0 Å². The molecule has 2 heterocycles. The van der Waals surface area contributed by atoms with Gasteiger partial charge in [-0.15, -0.1) is 0 Å². The molecule has 0 atom stereocenters. The van der Waals surface area contributed by atoms with E-state index in [0.29, 0.717) is 0 Å². The van der Waals surface area contributed by atoms with Gasteiger partial charge in [-0.1, -0.05) is 49.7 Å². The molecule has 0 N–H and O–H groups in total. The highest BCUT2D eigenvalue weighted by Gasteiger charge is 2.22. The van der Waals surface area contributed by atoms with Crippen LogP contribution in [0, 0.1) is 0 Å². The van der Waals surface area contributed by atoms with Crippen LogP contribution in [-0.4, -0.2) is 73.6 Å². The Morgan fingerprint density at radius 1 is 0.806 bits per heavy atom. The number of piperazine rings is 1. The standard InChI is InChI=1S/C25H34ClN4.ClH/c1-3-27(4-2)13-14-28-15-17-29(18-16-28)19-20-30-23-11-7-5-9-21(23)25(26)22-10-6-8-12-24(22)30;/h5-12H,3-4,13-20H2,1-2H3;1H/q+1;/p-1. The fraction of sp³-hybridized carbons (Fsp3) is 0.480. The highest BCUT2D eigenvalue weighted by molar-refractivity contribution is 6.39. The van der Waals surface area contributed by atoms with Crippen molar-refractivity contribution in [1.29, 1.82) is 0 Å². The van der Waals surface area contributed by atoms with Crippen LogP contribution < -0.4 is 17.0 Å². The molecule has 0 radical (unpaired) electrons. The van der Waals surface area contributed by atoms with Crippen LogP contribution in [0.4, 0.5) is 0 Å². The van der Waals surface area contributed by atoms with Crippen LogP contribution in [0.25, 0.3) is 21.8 Å². The van der Waals surface area contributed by atoms with Gasteiger partial charge in [0, 0.05) is 51.4 Å². The third kappa shape index (κ3) is 5.50. The molecule has 0 saturated carbocycles. The molecule has 3 aromatic rings. The number of likely N-dealkylation sites (N-methyl/N-ethyl adjacent to an activating group) is 1. The second-order valence-corrected chi connectivity index (χ2v) is 8.59. The maximum atomic E-state index is 6.75. The number of aromatic nitrogens is 1. The topological polar surface area (TPSA) is 13.6 Å². The minimum absolute atomic E-state index is 0. The SMILES string of the molecule is CCN(CC)CCN1CCN(CC[n+]2c3ccccc3c(Cl)c3ccccc32)CC1.[Cl-]. The predicted octanol–water partition coefficient (Wildman–Crippen LogP) is 0.897. The average molecular weight is 461 g/mol. The zero-order chi connectivity index (χ0) is 20.9. The lowest BCUT2D eigenvalue weighted by Crippen LogP contribution is -3.00. The summed E-state index contributed by atoms with van der Waals surface area (Å²) in [5.74, 6) is 0. The number of rotatable bonds is 8. The zero-order valence-corrected chi connectivity index (χ0v) is 20.2. The molecule has 1 aliphatic rings. The van der Waals surface area contributed by atoms with Gasteiger partial charge in [0.1, 0.15) is 0 Å². The van der Waals surface area contributed by atoms with Gasteiger partial charge < -0.3 is 17.3 Å². The summed E-state index contributed by atoms with van der Waals surface area (Å²) in [7, 11) is 0. The lowest BCUT2D eigenvalue weighted by Gasteiger charge is -2.35. The fourth-order valence-corrected chi connectivity index (χ4v) is 4.93. The Labute approximate surface area is 197 Å². The molecule has 0 aliphatic carbocycles. The summed E-state index contributed by atoms with van der Waals surface area (Å²) in [6, 6.07) is 17.0. The maximum Gasteiger partial charge on any atom is 0.214 e. The van der Waals surface area contributed by atoms with Crippen molar-refractivity contribution in [1.82, 2.24) is 14.7 Å². The van der Waals surface area contributed by atoms with Gasteiger partial charge in [-0.3, -0.25) is 9.80 Å². The Morgan fingerprint density at radius 2 is 1.29 bits per heavy atom. The summed E-state index contributed by atoms with van der Waals surface area (Å²) >= 11 is 6.75. The molecule has 1 aromatic heterocycles. The molecular formula is C25H34Cl2N4. The first-order chi connectivity index (χ1) is 14.7. The lowest BCUT2D eigenvalue weighted by molar-refractivity contribution is -0.645. The number of para-hydroxylation sites is 2. The Morgan fingerprint density at radius 3 is 1.81 bits per heavy atom. The molecule has 6 heteroatoms. The molecule has 0 bridgehead atoms. The summed E-state index contributed by atoms with van der Waals surface area (Å²) in [5, 5.41) is 3.14. The Hall–Kier alpha value is -1.43. The van der Waals surface area contributed by atoms with E-state index in [0.717, 1.165) is 55.1 Å². The largest absolute Gasteiger partial charge is 1.00 e. The molecule has 4 rings (SSSR count). The minimum Gasteiger partial charge on any atom is -1.00 e. The van der Waals surface area contributed by atoms with Crippen molar-refractivity contribution in [3.8, 4) is 0 Å². The molecule has 4 nitrogen and oxygen atoms in total. The number of benzene rings is 2. The van der Waals surface area contributed by atoms with Gasteiger partial charge in [-0.05, 0) is 25.2 Å². The summed E-state index contributed by atoms with van der Waals surface area (Å²) in [4.78, 5) is 7.74. The third-order valence-corrected chi connectivity index (χ3v) is 7.00. The van der Waals surface area contributed by atoms with Crippen LogP contribution in [0.15, 0.2) is 48.5 Å². The average Bonchev–Trinajstić information content (AvgIpc) is 2.80. The highest BCUT2D eigenvalue weighted by atomic mass is 35.5. The lowest BCUT2D eigenvalue weighted by atomic mass is 10.1. The van der Waals surface area contributed by atoms with Crippen LogP contribution in [0.1, 0.15) is 13.8 Å². The quantitative estimate of drug-likeness (QED) is 0.366. The van der Waals surface area contributed by atoms with E-state index in [1.54, 1.807) is 0 Å². The van der Waals surface area contributed by atoms with Gasteiger partial charge in [0.05, 0.1) is 22.3 Å². The van der Waals surface area contributed by atoms with Crippen LogP contribution in [-0.2, 0) is 6.54 Å². The molecule has 0 amide bonds. The van der Waals surface area contributed by atoms with E-state index in [1.807, 2.05) is 0 Å². The van der Waals surface area contributed by atoms with Crippen molar-refractivity contribution in [3.63, 3.8) is 0 Å². The first-order valence-electron chi connectivity index (χ1n) is 11.4. The first kappa shape index (κ1) is 24.2. The molecule has 0 unspecified atom stereocenters. The fourth-order valence-electron chi connectivity index (χ4n) is 4.61. The normalized spacial score (nSPS) is 15.6. The van der Waals surface area contributed by atoms with E-state index in [2.05, 4.69) is 81.6 Å². The number of pyridine rings is 1. The van der Waals surface area contributed by atoms with E-state index in [9.17, 15) is 0 Å². The number of halogens is 2. The second-order valence-electron chi connectivity index (χ2n) is 8.21. The predicted molar refractivity (Wildman–Crippen MR) is 127 cm³/mol. The number of nitrogens with zero attached hydrogens (tertiary/aromatic N) is 4. The summed E-state index contributed by atoms with van der Waals surface area (Å²) in [6.07, 6.45) is 0. The van der Waals surface area contributed by atoms with E-state index < -0.39 is 0 Å². The highest BCUT2D eigenvalue weighted by Crippen LogP contribution is 2.29. The van der Waals surface area contributed by atoms with Crippen LogP contribution >= 0.6 is 11.6 Å². The van der Waals surface area contributed by atoms with Gasteiger partial charge in [-0.25, -0.2) is 0 Å². The third-order valence-electron chi connectivity index (χ3n) is 6.59. The van der Waals surface area contributed by atoms with Gasteiger partial charge in [-0.2, -0.15) is 4.57 Å².